The number of ether oxygens (including phenoxy) is 1. The van der Waals surface area contributed by atoms with Crippen molar-refractivity contribution < 1.29 is 9.53 Å². The van der Waals surface area contributed by atoms with Crippen LogP contribution in [0.3, 0.4) is 0 Å². The van der Waals surface area contributed by atoms with Gasteiger partial charge >= 0.3 is 0 Å². The first-order valence-electron chi connectivity index (χ1n) is 3.94. The van der Waals surface area contributed by atoms with Crippen molar-refractivity contribution in [3.05, 3.63) is 35.7 Å². The van der Waals surface area contributed by atoms with Gasteiger partial charge in [0, 0.05) is 4.90 Å². The van der Waals surface area contributed by atoms with Crippen molar-refractivity contribution in [2.24, 2.45) is 5.73 Å². The van der Waals surface area contributed by atoms with Crippen LogP contribution in [0.5, 0.6) is 5.75 Å². The van der Waals surface area contributed by atoms with E-state index in [1.54, 1.807) is 7.11 Å². The molecule has 0 unspecified atom stereocenters. The summed E-state index contributed by atoms with van der Waals surface area (Å²) in [5, 5.41) is 0. The number of thioether (sulfide) groups is 1. The Hall–Kier alpha value is -1.42. The molecule has 0 atom stereocenters. The molecule has 0 aromatic heterocycles. The molecule has 1 rings (SSSR count). The van der Waals surface area contributed by atoms with Crippen molar-refractivity contribution in [2.45, 2.75) is 4.90 Å². The van der Waals surface area contributed by atoms with E-state index in [-0.39, 0.29) is 0 Å². The monoisotopic (exact) mass is 209 g/mol. The van der Waals surface area contributed by atoms with Gasteiger partial charge in [0.15, 0.2) is 0 Å². The van der Waals surface area contributed by atoms with Crippen LogP contribution in [0.2, 0.25) is 0 Å². The molecule has 4 heteroatoms. The van der Waals surface area contributed by atoms with Crippen molar-refractivity contribution in [1.29, 1.82) is 0 Å². The zero-order valence-electron chi connectivity index (χ0n) is 7.82. The van der Waals surface area contributed by atoms with Crippen molar-refractivity contribution in [3.8, 4) is 5.75 Å². The van der Waals surface area contributed by atoms with E-state index in [1.807, 2.05) is 24.3 Å². The maximum absolute atomic E-state index is 10.7. The minimum Gasteiger partial charge on any atom is -0.497 e. The lowest BCUT2D eigenvalue weighted by molar-refractivity contribution is -0.113. The van der Waals surface area contributed by atoms with E-state index >= 15 is 0 Å². The smallest absolute Gasteiger partial charge is 0.254 e. The van der Waals surface area contributed by atoms with E-state index in [4.69, 9.17) is 10.5 Å². The lowest BCUT2D eigenvalue weighted by atomic mass is 10.3. The lowest BCUT2D eigenvalue weighted by Crippen LogP contribution is -2.10. The molecular weight excluding hydrogens is 198 g/mol. The van der Waals surface area contributed by atoms with Gasteiger partial charge in [-0.1, -0.05) is 24.4 Å². The Morgan fingerprint density at radius 1 is 1.57 bits per heavy atom. The Labute approximate surface area is 86.9 Å². The summed E-state index contributed by atoms with van der Waals surface area (Å²) >= 11 is 1.23. The average molecular weight is 209 g/mol. The van der Waals surface area contributed by atoms with Gasteiger partial charge in [0.25, 0.3) is 5.91 Å². The molecular formula is C10H11NO2S. The molecule has 0 saturated carbocycles. The molecule has 1 aromatic carbocycles. The summed E-state index contributed by atoms with van der Waals surface area (Å²) in [6.45, 7) is 3.55. The Kier molecular flexibility index (Phi) is 3.59. The third-order valence-corrected chi connectivity index (χ3v) is 2.49. The molecule has 3 nitrogen and oxygen atoms in total. The molecule has 0 bridgehead atoms. The molecule has 0 heterocycles. The van der Waals surface area contributed by atoms with Gasteiger partial charge in [0.2, 0.25) is 0 Å². The Morgan fingerprint density at radius 2 is 2.29 bits per heavy atom. The molecule has 1 aromatic rings. The molecule has 0 fully saturated rings. The van der Waals surface area contributed by atoms with Crippen LogP contribution in [0, 0.1) is 0 Å². The number of primary amides is 1. The molecule has 0 radical (unpaired) electrons. The molecule has 0 aliphatic heterocycles. The third-order valence-electron chi connectivity index (χ3n) is 1.56. The zero-order valence-corrected chi connectivity index (χ0v) is 8.64. The number of nitrogens with two attached hydrogens (primary N) is 1. The Bertz CT molecular complexity index is 363. The van der Waals surface area contributed by atoms with Gasteiger partial charge < -0.3 is 10.5 Å². The van der Waals surface area contributed by atoms with E-state index < -0.39 is 5.91 Å². The number of benzene rings is 1. The van der Waals surface area contributed by atoms with Gasteiger partial charge in [-0.15, -0.1) is 0 Å². The lowest BCUT2D eigenvalue weighted by Gasteiger charge is -2.03. The Balaban J connectivity index is 2.76. The first-order valence-corrected chi connectivity index (χ1v) is 4.75. The molecule has 0 aliphatic carbocycles. The summed E-state index contributed by atoms with van der Waals surface area (Å²) in [5.41, 5.74) is 5.06. The molecule has 0 saturated heterocycles. The summed E-state index contributed by atoms with van der Waals surface area (Å²) in [4.78, 5) is 11.9. The van der Waals surface area contributed by atoms with Crippen molar-refractivity contribution in [1.82, 2.24) is 0 Å². The van der Waals surface area contributed by atoms with Crippen LogP contribution in [0.15, 0.2) is 40.6 Å². The maximum atomic E-state index is 10.7. The fraction of sp³-hybridized carbons (Fsp3) is 0.100. The number of hydrogen-bond donors (Lipinski definition) is 1. The number of rotatable bonds is 4. The fourth-order valence-corrected chi connectivity index (χ4v) is 1.56. The van der Waals surface area contributed by atoms with Gasteiger partial charge in [-0.2, -0.15) is 0 Å². The standard InChI is InChI=1S/C10H11NO2S/c1-7(10(11)12)14-9-5-3-4-8(6-9)13-2/h3-6H,1H2,2H3,(H2,11,12). The maximum Gasteiger partial charge on any atom is 0.254 e. The van der Waals surface area contributed by atoms with Gasteiger partial charge in [0.1, 0.15) is 5.75 Å². The molecule has 1 amide bonds. The zero-order chi connectivity index (χ0) is 10.6. The molecule has 0 aliphatic rings. The Morgan fingerprint density at radius 3 is 2.86 bits per heavy atom. The van der Waals surface area contributed by atoms with E-state index in [0.717, 1.165) is 10.6 Å². The summed E-state index contributed by atoms with van der Waals surface area (Å²) in [6, 6.07) is 7.35. The van der Waals surface area contributed by atoms with Gasteiger partial charge in [-0.05, 0) is 18.2 Å². The largest absolute Gasteiger partial charge is 0.497 e. The number of carbonyl (C=O) groups is 1. The van der Waals surface area contributed by atoms with E-state index in [0.29, 0.717) is 4.91 Å². The van der Waals surface area contributed by atoms with Crippen LogP contribution in [-0.2, 0) is 4.79 Å². The SMILES string of the molecule is C=C(Sc1cccc(OC)c1)C(N)=O. The van der Waals surface area contributed by atoms with Gasteiger partial charge in [-0.25, -0.2) is 0 Å². The minimum absolute atomic E-state index is 0.318. The molecule has 0 spiro atoms. The van der Waals surface area contributed by atoms with E-state index in [1.165, 1.54) is 11.8 Å². The van der Waals surface area contributed by atoms with E-state index in [9.17, 15) is 4.79 Å². The van der Waals surface area contributed by atoms with Crippen molar-refractivity contribution in [3.63, 3.8) is 0 Å². The molecule has 2 N–H and O–H groups in total. The predicted molar refractivity (Wildman–Crippen MR) is 57.2 cm³/mol. The van der Waals surface area contributed by atoms with E-state index in [2.05, 4.69) is 6.58 Å². The summed E-state index contributed by atoms with van der Waals surface area (Å²) in [6.07, 6.45) is 0. The summed E-state index contributed by atoms with van der Waals surface area (Å²) in [5.74, 6) is 0.241. The van der Waals surface area contributed by atoms with Gasteiger partial charge in [-0.3, -0.25) is 4.79 Å². The minimum atomic E-state index is -0.502. The first-order chi connectivity index (χ1) is 6.63. The number of carbonyl (C=O) groups excluding carboxylic acids is 1. The second kappa shape index (κ2) is 4.72. The van der Waals surface area contributed by atoms with Crippen LogP contribution >= 0.6 is 11.8 Å². The second-order valence-electron chi connectivity index (χ2n) is 2.57. The first kappa shape index (κ1) is 10.7. The quantitative estimate of drug-likeness (QED) is 0.607. The molecule has 14 heavy (non-hydrogen) atoms. The highest BCUT2D eigenvalue weighted by Crippen LogP contribution is 2.27. The highest BCUT2D eigenvalue weighted by molar-refractivity contribution is 8.04. The summed E-state index contributed by atoms with van der Waals surface area (Å²) in [7, 11) is 1.59. The fourth-order valence-electron chi connectivity index (χ4n) is 0.857. The van der Waals surface area contributed by atoms with Crippen LogP contribution in [0.25, 0.3) is 0 Å². The topological polar surface area (TPSA) is 52.3 Å². The number of methoxy groups -OCH3 is 1. The van der Waals surface area contributed by atoms with Crippen LogP contribution in [-0.4, -0.2) is 13.0 Å². The number of hydrogen-bond acceptors (Lipinski definition) is 3. The third kappa shape index (κ3) is 2.81. The molecule has 74 valence electrons. The normalized spacial score (nSPS) is 9.50. The van der Waals surface area contributed by atoms with Crippen molar-refractivity contribution >= 4 is 17.7 Å². The van der Waals surface area contributed by atoms with Crippen LogP contribution < -0.4 is 10.5 Å². The number of amides is 1. The average Bonchev–Trinajstić information content (AvgIpc) is 2.18. The highest BCUT2D eigenvalue weighted by atomic mass is 32.2. The second-order valence-corrected chi connectivity index (χ2v) is 3.74. The van der Waals surface area contributed by atoms with Crippen LogP contribution in [0.1, 0.15) is 0 Å². The highest BCUT2D eigenvalue weighted by Gasteiger charge is 2.04. The summed E-state index contributed by atoms with van der Waals surface area (Å²) < 4.78 is 5.04. The van der Waals surface area contributed by atoms with Gasteiger partial charge in [0.05, 0.1) is 12.0 Å². The predicted octanol–water partition coefficient (Wildman–Crippen LogP) is 1.79. The van der Waals surface area contributed by atoms with Crippen LogP contribution in [0.4, 0.5) is 0 Å². The van der Waals surface area contributed by atoms with Crippen molar-refractivity contribution in [2.75, 3.05) is 7.11 Å².